The van der Waals surface area contributed by atoms with Crippen LogP contribution in [0.1, 0.15) is 19.3 Å². The molecule has 0 aromatic rings. The first kappa shape index (κ1) is 10.4. The molecule has 0 radical (unpaired) electrons. The Morgan fingerprint density at radius 3 is 2.93 bits per heavy atom. The summed E-state index contributed by atoms with van der Waals surface area (Å²) in [5.41, 5.74) is 0. The summed E-state index contributed by atoms with van der Waals surface area (Å²) in [5, 5.41) is 2.55. The Morgan fingerprint density at radius 1 is 1.40 bits per heavy atom. The highest BCUT2D eigenvalue weighted by Crippen LogP contribution is 2.26. The van der Waals surface area contributed by atoms with Crippen molar-refractivity contribution in [1.29, 1.82) is 0 Å². The predicted octanol–water partition coefficient (Wildman–Crippen LogP) is -0.488. The van der Waals surface area contributed by atoms with Crippen LogP contribution in [0.5, 0.6) is 0 Å². The molecule has 1 N–H and O–H groups in total. The quantitative estimate of drug-likeness (QED) is 0.672. The molecule has 84 valence electrons. The Balaban J connectivity index is 2.07. The summed E-state index contributed by atoms with van der Waals surface area (Å²) in [5.74, 6) is -0.0695. The van der Waals surface area contributed by atoms with E-state index >= 15 is 0 Å². The van der Waals surface area contributed by atoms with Crippen LogP contribution in [-0.2, 0) is 14.3 Å². The minimum atomic E-state index is -0.0728. The lowest BCUT2D eigenvalue weighted by Gasteiger charge is -2.34. The van der Waals surface area contributed by atoms with Gasteiger partial charge in [-0.25, -0.2) is 0 Å². The molecule has 2 rings (SSSR count). The molecule has 0 aromatic heterocycles. The number of nitrogens with one attached hydrogen (secondary N) is 1. The summed E-state index contributed by atoms with van der Waals surface area (Å²) in [4.78, 5) is 24.5. The minimum Gasteiger partial charge on any atom is -0.379 e. The van der Waals surface area contributed by atoms with Crippen LogP contribution < -0.4 is 5.32 Å². The van der Waals surface area contributed by atoms with E-state index in [-0.39, 0.29) is 37.0 Å². The second kappa shape index (κ2) is 4.18. The van der Waals surface area contributed by atoms with Gasteiger partial charge in [0.2, 0.25) is 11.8 Å². The number of ether oxygens (including phenoxy) is 1. The third kappa shape index (κ3) is 1.97. The molecule has 15 heavy (non-hydrogen) atoms. The van der Waals surface area contributed by atoms with E-state index in [1.54, 1.807) is 12.0 Å². The van der Waals surface area contributed by atoms with Crippen LogP contribution >= 0.6 is 0 Å². The van der Waals surface area contributed by atoms with Crippen LogP contribution in [0.25, 0.3) is 0 Å². The lowest BCUT2D eigenvalue weighted by atomic mass is 10.1. The molecule has 5 heteroatoms. The van der Waals surface area contributed by atoms with E-state index < -0.39 is 0 Å². The standard InChI is InChI=1S/C10H16N2O3/c1-15-8-4-2-3-7(8)12-6-9(13)11-5-10(12)14/h7-8H,2-6H2,1H3,(H,11,13). The summed E-state index contributed by atoms with van der Waals surface area (Å²) < 4.78 is 5.33. The van der Waals surface area contributed by atoms with Gasteiger partial charge in [0.25, 0.3) is 0 Å². The SMILES string of the molecule is COC1CCCC1N1CC(=O)NCC1=O. The smallest absolute Gasteiger partial charge is 0.242 e. The summed E-state index contributed by atoms with van der Waals surface area (Å²) in [6, 6.07) is 0.0912. The fourth-order valence-corrected chi connectivity index (χ4v) is 2.41. The van der Waals surface area contributed by atoms with E-state index in [1.165, 1.54) is 0 Å². The molecule has 1 saturated heterocycles. The highest BCUT2D eigenvalue weighted by atomic mass is 16.5. The molecular formula is C10H16N2O3. The van der Waals surface area contributed by atoms with Gasteiger partial charge in [0.05, 0.1) is 25.2 Å². The zero-order chi connectivity index (χ0) is 10.8. The molecule has 0 bridgehead atoms. The van der Waals surface area contributed by atoms with Gasteiger partial charge in [-0.05, 0) is 19.3 Å². The molecule has 1 aliphatic heterocycles. The minimum absolute atomic E-state index is 0.00329. The van der Waals surface area contributed by atoms with Crippen molar-refractivity contribution in [3.8, 4) is 0 Å². The molecule has 2 atom stereocenters. The van der Waals surface area contributed by atoms with Crippen molar-refractivity contribution in [2.24, 2.45) is 0 Å². The van der Waals surface area contributed by atoms with Crippen LogP contribution in [0.3, 0.4) is 0 Å². The first-order valence-corrected chi connectivity index (χ1v) is 5.31. The summed E-state index contributed by atoms with van der Waals surface area (Å²) in [7, 11) is 1.66. The van der Waals surface area contributed by atoms with Gasteiger partial charge in [0, 0.05) is 7.11 Å². The lowest BCUT2D eigenvalue weighted by Crippen LogP contribution is -2.57. The number of carbonyl (C=O) groups excluding carboxylic acids is 2. The molecule has 0 spiro atoms. The van der Waals surface area contributed by atoms with E-state index in [2.05, 4.69) is 5.32 Å². The molecule has 2 amide bonds. The number of piperazine rings is 1. The van der Waals surface area contributed by atoms with Crippen molar-refractivity contribution in [1.82, 2.24) is 10.2 Å². The van der Waals surface area contributed by atoms with Crippen LogP contribution in [-0.4, -0.2) is 49.1 Å². The third-order valence-corrected chi connectivity index (χ3v) is 3.19. The largest absolute Gasteiger partial charge is 0.379 e. The molecular weight excluding hydrogens is 196 g/mol. The number of rotatable bonds is 2. The molecule has 1 saturated carbocycles. The van der Waals surface area contributed by atoms with Crippen molar-refractivity contribution < 1.29 is 14.3 Å². The normalized spacial score (nSPS) is 31.9. The maximum atomic E-state index is 11.6. The first-order valence-electron chi connectivity index (χ1n) is 5.31. The molecule has 5 nitrogen and oxygen atoms in total. The molecule has 2 fully saturated rings. The zero-order valence-corrected chi connectivity index (χ0v) is 8.86. The fourth-order valence-electron chi connectivity index (χ4n) is 2.41. The number of amides is 2. The maximum absolute atomic E-state index is 11.6. The van der Waals surface area contributed by atoms with E-state index in [0.29, 0.717) is 0 Å². The number of hydrogen-bond donors (Lipinski definition) is 1. The second-order valence-corrected chi connectivity index (χ2v) is 4.07. The highest BCUT2D eigenvalue weighted by molar-refractivity contribution is 5.92. The predicted molar refractivity (Wildman–Crippen MR) is 53.2 cm³/mol. The number of hydrogen-bond acceptors (Lipinski definition) is 3. The van der Waals surface area contributed by atoms with Gasteiger partial charge in [-0.1, -0.05) is 0 Å². The average molecular weight is 212 g/mol. The van der Waals surface area contributed by atoms with Crippen LogP contribution in [0.2, 0.25) is 0 Å². The second-order valence-electron chi connectivity index (χ2n) is 4.07. The summed E-state index contributed by atoms with van der Waals surface area (Å²) in [6.45, 7) is 0.315. The van der Waals surface area contributed by atoms with E-state index in [1.807, 2.05) is 0 Å². The van der Waals surface area contributed by atoms with Crippen LogP contribution in [0.4, 0.5) is 0 Å². The zero-order valence-electron chi connectivity index (χ0n) is 8.86. The van der Waals surface area contributed by atoms with Crippen molar-refractivity contribution in [2.75, 3.05) is 20.2 Å². The Morgan fingerprint density at radius 2 is 2.20 bits per heavy atom. The lowest BCUT2D eigenvalue weighted by molar-refractivity contribution is -0.145. The Kier molecular flexibility index (Phi) is 2.90. The first-order chi connectivity index (χ1) is 7.22. The van der Waals surface area contributed by atoms with Gasteiger partial charge in [-0.15, -0.1) is 0 Å². The fraction of sp³-hybridized carbons (Fsp3) is 0.800. The van der Waals surface area contributed by atoms with Gasteiger partial charge in [0.15, 0.2) is 0 Å². The van der Waals surface area contributed by atoms with Crippen molar-refractivity contribution in [3.05, 3.63) is 0 Å². The number of carbonyl (C=O) groups is 2. The van der Waals surface area contributed by atoms with Gasteiger partial charge in [-0.2, -0.15) is 0 Å². The van der Waals surface area contributed by atoms with Crippen molar-refractivity contribution >= 4 is 11.8 Å². The van der Waals surface area contributed by atoms with Crippen molar-refractivity contribution in [2.45, 2.75) is 31.4 Å². The third-order valence-electron chi connectivity index (χ3n) is 3.19. The van der Waals surface area contributed by atoms with Gasteiger partial charge in [0.1, 0.15) is 0 Å². The average Bonchev–Trinajstić information content (AvgIpc) is 2.69. The Bertz CT molecular complexity index is 280. The molecule has 1 aliphatic carbocycles. The molecule has 0 aromatic carbocycles. The van der Waals surface area contributed by atoms with Crippen molar-refractivity contribution in [3.63, 3.8) is 0 Å². The molecule has 1 heterocycles. The van der Waals surface area contributed by atoms with Gasteiger partial charge in [-0.3, -0.25) is 9.59 Å². The summed E-state index contributed by atoms with van der Waals surface area (Å²) >= 11 is 0. The summed E-state index contributed by atoms with van der Waals surface area (Å²) in [6.07, 6.45) is 3.08. The van der Waals surface area contributed by atoms with E-state index in [0.717, 1.165) is 19.3 Å². The van der Waals surface area contributed by atoms with E-state index in [9.17, 15) is 9.59 Å². The number of nitrogens with zero attached hydrogens (tertiary/aromatic N) is 1. The van der Waals surface area contributed by atoms with Crippen LogP contribution in [0, 0.1) is 0 Å². The molecule has 2 aliphatic rings. The van der Waals surface area contributed by atoms with Gasteiger partial charge < -0.3 is 15.0 Å². The maximum Gasteiger partial charge on any atom is 0.242 e. The highest BCUT2D eigenvalue weighted by Gasteiger charge is 2.37. The topological polar surface area (TPSA) is 58.6 Å². The Labute approximate surface area is 88.8 Å². The molecule has 2 unspecified atom stereocenters. The van der Waals surface area contributed by atoms with Crippen LogP contribution in [0.15, 0.2) is 0 Å². The van der Waals surface area contributed by atoms with Gasteiger partial charge >= 0.3 is 0 Å². The number of methoxy groups -OCH3 is 1. The monoisotopic (exact) mass is 212 g/mol. The van der Waals surface area contributed by atoms with E-state index in [4.69, 9.17) is 4.74 Å². The Hall–Kier alpha value is -1.10.